The van der Waals surface area contributed by atoms with Crippen LogP contribution >= 0.6 is 0 Å². The van der Waals surface area contributed by atoms with Gasteiger partial charge in [0.2, 0.25) is 5.91 Å². The number of rotatable bonds is 3. The van der Waals surface area contributed by atoms with E-state index in [1.807, 2.05) is 0 Å². The Labute approximate surface area is 117 Å². The molecular weight excluding hydrogens is 261 g/mol. The van der Waals surface area contributed by atoms with E-state index in [1.165, 1.54) is 12.1 Å². The number of halogens is 1. The van der Waals surface area contributed by atoms with Crippen molar-refractivity contribution in [3.05, 3.63) is 29.6 Å². The molecule has 5 heteroatoms. The third-order valence-electron chi connectivity index (χ3n) is 3.69. The predicted octanol–water partition coefficient (Wildman–Crippen LogP) is 3.43. The number of aromatic carboxylic acids is 1. The van der Waals surface area contributed by atoms with E-state index in [1.54, 1.807) is 0 Å². The van der Waals surface area contributed by atoms with Gasteiger partial charge >= 0.3 is 5.97 Å². The van der Waals surface area contributed by atoms with E-state index >= 15 is 0 Å². The van der Waals surface area contributed by atoms with E-state index in [-0.39, 0.29) is 11.8 Å². The summed E-state index contributed by atoms with van der Waals surface area (Å²) in [5.41, 5.74) is -0.0841. The van der Waals surface area contributed by atoms with Gasteiger partial charge in [0.05, 0.1) is 5.56 Å². The van der Waals surface area contributed by atoms with Crippen molar-refractivity contribution < 1.29 is 19.1 Å². The van der Waals surface area contributed by atoms with Crippen molar-refractivity contribution in [3.63, 3.8) is 0 Å². The molecule has 0 saturated heterocycles. The molecule has 1 fully saturated rings. The summed E-state index contributed by atoms with van der Waals surface area (Å²) in [6.45, 7) is 0. The molecule has 1 aliphatic carbocycles. The van der Waals surface area contributed by atoms with Gasteiger partial charge < -0.3 is 10.4 Å². The van der Waals surface area contributed by atoms with Crippen molar-refractivity contribution >= 4 is 17.6 Å². The highest BCUT2D eigenvalue weighted by molar-refractivity contribution is 5.93. The molecule has 2 rings (SSSR count). The van der Waals surface area contributed by atoms with Crippen LogP contribution in [0, 0.1) is 11.7 Å². The summed E-state index contributed by atoms with van der Waals surface area (Å²) >= 11 is 0. The summed E-state index contributed by atoms with van der Waals surface area (Å²) in [6.07, 6.45) is 6.13. The zero-order valence-electron chi connectivity index (χ0n) is 11.2. The Hall–Kier alpha value is -1.91. The number of benzene rings is 1. The molecule has 0 aliphatic heterocycles. The molecule has 1 aliphatic rings. The van der Waals surface area contributed by atoms with Gasteiger partial charge in [-0.1, -0.05) is 25.7 Å². The van der Waals surface area contributed by atoms with Crippen LogP contribution in [0.1, 0.15) is 48.9 Å². The second kappa shape index (κ2) is 6.50. The summed E-state index contributed by atoms with van der Waals surface area (Å²) in [7, 11) is 0. The first-order valence-corrected chi connectivity index (χ1v) is 6.91. The first-order chi connectivity index (χ1) is 9.58. The minimum Gasteiger partial charge on any atom is -0.478 e. The van der Waals surface area contributed by atoms with Gasteiger partial charge in [-0.2, -0.15) is 0 Å². The molecule has 1 aromatic carbocycles. The van der Waals surface area contributed by atoms with Gasteiger partial charge in [-0.15, -0.1) is 0 Å². The topological polar surface area (TPSA) is 66.4 Å². The SMILES string of the molecule is O=C(O)c1ccc(NC(=O)C2CCCCCC2)cc1F. The molecule has 1 saturated carbocycles. The summed E-state index contributed by atoms with van der Waals surface area (Å²) in [5.74, 6) is -2.28. The summed E-state index contributed by atoms with van der Waals surface area (Å²) < 4.78 is 13.5. The molecule has 2 N–H and O–H groups in total. The zero-order valence-corrected chi connectivity index (χ0v) is 11.2. The van der Waals surface area contributed by atoms with Gasteiger partial charge in [-0.25, -0.2) is 9.18 Å². The van der Waals surface area contributed by atoms with Crippen LogP contribution < -0.4 is 5.32 Å². The minimum atomic E-state index is -1.32. The second-order valence-electron chi connectivity index (χ2n) is 5.18. The van der Waals surface area contributed by atoms with E-state index in [0.29, 0.717) is 5.69 Å². The number of carbonyl (C=O) groups excluding carboxylic acids is 1. The Kier molecular flexibility index (Phi) is 4.71. The molecule has 1 aromatic rings. The number of hydrogen-bond donors (Lipinski definition) is 2. The maximum Gasteiger partial charge on any atom is 0.338 e. The first kappa shape index (κ1) is 14.5. The van der Waals surface area contributed by atoms with Gasteiger partial charge in [-0.3, -0.25) is 4.79 Å². The Morgan fingerprint density at radius 2 is 1.80 bits per heavy atom. The van der Waals surface area contributed by atoms with Crippen LogP contribution in [0.15, 0.2) is 18.2 Å². The van der Waals surface area contributed by atoms with Gasteiger partial charge in [0.25, 0.3) is 0 Å². The monoisotopic (exact) mass is 279 g/mol. The fraction of sp³-hybridized carbons (Fsp3) is 0.467. The molecule has 0 atom stereocenters. The average Bonchev–Trinajstić information content (AvgIpc) is 2.67. The van der Waals surface area contributed by atoms with Crippen molar-refractivity contribution in [2.45, 2.75) is 38.5 Å². The molecule has 0 spiro atoms. The maximum atomic E-state index is 13.5. The fourth-order valence-corrected chi connectivity index (χ4v) is 2.55. The van der Waals surface area contributed by atoms with Gasteiger partial charge in [-0.05, 0) is 31.0 Å². The lowest BCUT2D eigenvalue weighted by atomic mass is 9.99. The fourth-order valence-electron chi connectivity index (χ4n) is 2.55. The average molecular weight is 279 g/mol. The largest absolute Gasteiger partial charge is 0.478 e. The smallest absolute Gasteiger partial charge is 0.338 e. The predicted molar refractivity (Wildman–Crippen MR) is 73.2 cm³/mol. The Balaban J connectivity index is 2.03. The lowest BCUT2D eigenvalue weighted by Gasteiger charge is -2.14. The molecule has 0 radical (unpaired) electrons. The van der Waals surface area contributed by atoms with Crippen LogP contribution in [0.5, 0.6) is 0 Å². The zero-order chi connectivity index (χ0) is 14.5. The number of amides is 1. The van der Waals surface area contributed by atoms with Crippen LogP contribution in [0.3, 0.4) is 0 Å². The van der Waals surface area contributed by atoms with E-state index in [2.05, 4.69) is 5.32 Å². The van der Waals surface area contributed by atoms with E-state index in [9.17, 15) is 14.0 Å². The number of hydrogen-bond acceptors (Lipinski definition) is 2. The molecule has 108 valence electrons. The molecule has 4 nitrogen and oxygen atoms in total. The van der Waals surface area contributed by atoms with Gasteiger partial charge in [0.1, 0.15) is 5.82 Å². The molecule has 0 aromatic heterocycles. The molecule has 0 unspecified atom stereocenters. The highest BCUT2D eigenvalue weighted by Crippen LogP contribution is 2.24. The van der Waals surface area contributed by atoms with Crippen LogP contribution in [-0.2, 0) is 4.79 Å². The van der Waals surface area contributed by atoms with Crippen molar-refractivity contribution in [3.8, 4) is 0 Å². The van der Waals surface area contributed by atoms with Gasteiger partial charge in [0.15, 0.2) is 0 Å². The quantitative estimate of drug-likeness (QED) is 0.833. The molecule has 0 heterocycles. The summed E-state index contributed by atoms with van der Waals surface area (Å²) in [5, 5.41) is 11.4. The molecular formula is C15H18FNO3. The van der Waals surface area contributed by atoms with Crippen molar-refractivity contribution in [1.82, 2.24) is 0 Å². The Bertz CT molecular complexity index is 508. The highest BCUT2D eigenvalue weighted by Gasteiger charge is 2.20. The van der Waals surface area contributed by atoms with Crippen LogP contribution in [0.4, 0.5) is 10.1 Å². The lowest BCUT2D eigenvalue weighted by Crippen LogP contribution is -2.22. The van der Waals surface area contributed by atoms with Crippen molar-refractivity contribution in [1.29, 1.82) is 0 Å². The van der Waals surface area contributed by atoms with Crippen LogP contribution in [0.2, 0.25) is 0 Å². The van der Waals surface area contributed by atoms with Crippen molar-refractivity contribution in [2.75, 3.05) is 5.32 Å². The first-order valence-electron chi connectivity index (χ1n) is 6.91. The Morgan fingerprint density at radius 1 is 1.15 bits per heavy atom. The summed E-state index contributed by atoms with van der Waals surface area (Å²) in [6, 6.07) is 3.64. The van der Waals surface area contributed by atoms with Crippen molar-refractivity contribution in [2.24, 2.45) is 5.92 Å². The minimum absolute atomic E-state index is 0.0280. The third-order valence-corrected chi connectivity index (χ3v) is 3.69. The van der Waals surface area contributed by atoms with Gasteiger partial charge in [0, 0.05) is 11.6 Å². The molecule has 0 bridgehead atoms. The second-order valence-corrected chi connectivity index (χ2v) is 5.18. The maximum absolute atomic E-state index is 13.5. The number of carbonyl (C=O) groups is 2. The van der Waals surface area contributed by atoms with Crippen LogP contribution in [-0.4, -0.2) is 17.0 Å². The van der Waals surface area contributed by atoms with E-state index in [0.717, 1.165) is 44.6 Å². The molecule has 20 heavy (non-hydrogen) atoms. The summed E-state index contributed by atoms with van der Waals surface area (Å²) in [4.78, 5) is 22.8. The number of nitrogens with one attached hydrogen (secondary N) is 1. The number of anilines is 1. The van der Waals surface area contributed by atoms with E-state index in [4.69, 9.17) is 5.11 Å². The van der Waals surface area contributed by atoms with Crippen LogP contribution in [0.25, 0.3) is 0 Å². The highest BCUT2D eigenvalue weighted by atomic mass is 19.1. The normalized spacial score (nSPS) is 16.4. The molecule has 1 amide bonds. The number of carboxylic acids is 1. The Morgan fingerprint density at radius 3 is 2.35 bits per heavy atom. The third kappa shape index (κ3) is 3.56. The standard InChI is InChI=1S/C15H18FNO3/c16-13-9-11(7-8-12(13)15(19)20)17-14(18)10-5-3-1-2-4-6-10/h7-10H,1-6H2,(H,17,18)(H,19,20). The number of carboxylic acid groups (broad SMARTS) is 1. The van der Waals surface area contributed by atoms with E-state index < -0.39 is 17.3 Å². The lowest BCUT2D eigenvalue weighted by molar-refractivity contribution is -0.120.